The van der Waals surface area contributed by atoms with Crippen molar-refractivity contribution in [1.29, 1.82) is 0 Å². The molecule has 1 atom stereocenters. The second-order valence-electron chi connectivity index (χ2n) is 4.56. The summed E-state index contributed by atoms with van der Waals surface area (Å²) >= 11 is 0. The van der Waals surface area contributed by atoms with Crippen LogP contribution in [-0.4, -0.2) is 29.4 Å². The molecular weight excluding hydrogens is 248 g/mol. The maximum absolute atomic E-state index is 10.4. The molecular formula is C14H18O5. The highest BCUT2D eigenvalue weighted by Gasteiger charge is 2.14. The lowest BCUT2D eigenvalue weighted by Crippen LogP contribution is -2.01. The van der Waals surface area contributed by atoms with Crippen molar-refractivity contribution < 1.29 is 24.5 Å². The van der Waals surface area contributed by atoms with E-state index in [1.165, 1.54) is 0 Å². The predicted octanol–water partition coefficient (Wildman–Crippen LogP) is 2.14. The van der Waals surface area contributed by atoms with E-state index in [1.807, 2.05) is 0 Å². The number of ether oxygens (including phenoxy) is 2. The van der Waals surface area contributed by atoms with Crippen LogP contribution in [0.25, 0.3) is 0 Å². The van der Waals surface area contributed by atoms with Crippen molar-refractivity contribution in [3.05, 3.63) is 23.8 Å². The quantitative estimate of drug-likeness (QED) is 0.853. The first-order valence-electron chi connectivity index (χ1n) is 6.46. The van der Waals surface area contributed by atoms with E-state index in [0.29, 0.717) is 37.6 Å². The number of rotatable bonds is 5. The molecule has 0 saturated carbocycles. The number of aliphatic hydroxyl groups is 1. The minimum Gasteiger partial charge on any atom is -0.490 e. The van der Waals surface area contributed by atoms with Crippen LogP contribution in [0.1, 0.15) is 37.4 Å². The molecule has 5 nitrogen and oxygen atoms in total. The molecule has 1 aliphatic heterocycles. The fourth-order valence-corrected chi connectivity index (χ4v) is 2.00. The Bertz CT molecular complexity index is 443. The van der Waals surface area contributed by atoms with Gasteiger partial charge < -0.3 is 19.7 Å². The highest BCUT2D eigenvalue weighted by molar-refractivity contribution is 5.66. The number of hydrogen-bond acceptors (Lipinski definition) is 4. The Morgan fingerprint density at radius 2 is 2.00 bits per heavy atom. The Morgan fingerprint density at radius 3 is 2.74 bits per heavy atom. The number of carboxylic acids is 1. The van der Waals surface area contributed by atoms with Crippen LogP contribution in [0.15, 0.2) is 18.2 Å². The Hall–Kier alpha value is -1.75. The number of aliphatic hydroxyl groups excluding tert-OH is 1. The van der Waals surface area contributed by atoms with Crippen molar-refractivity contribution in [3.63, 3.8) is 0 Å². The van der Waals surface area contributed by atoms with Gasteiger partial charge in [0.05, 0.1) is 19.3 Å². The number of aliphatic carboxylic acids is 1. The van der Waals surface area contributed by atoms with Crippen LogP contribution >= 0.6 is 0 Å². The summed E-state index contributed by atoms with van der Waals surface area (Å²) in [4.78, 5) is 10.4. The van der Waals surface area contributed by atoms with E-state index >= 15 is 0 Å². The average Bonchev–Trinajstić information content (AvgIpc) is 2.62. The molecule has 5 heteroatoms. The first kappa shape index (κ1) is 13.7. The summed E-state index contributed by atoms with van der Waals surface area (Å²) in [6.45, 7) is 1.24. The molecule has 19 heavy (non-hydrogen) atoms. The Balaban J connectivity index is 2.00. The van der Waals surface area contributed by atoms with Crippen molar-refractivity contribution in [1.82, 2.24) is 0 Å². The van der Waals surface area contributed by atoms with Gasteiger partial charge in [0.2, 0.25) is 0 Å². The van der Waals surface area contributed by atoms with Gasteiger partial charge in [-0.05, 0) is 30.5 Å². The number of benzene rings is 1. The normalized spacial score (nSPS) is 15.6. The monoisotopic (exact) mass is 266 g/mol. The van der Waals surface area contributed by atoms with E-state index in [1.54, 1.807) is 18.2 Å². The van der Waals surface area contributed by atoms with Crippen LogP contribution in [0.3, 0.4) is 0 Å². The Kier molecular flexibility index (Phi) is 4.63. The molecule has 0 aliphatic carbocycles. The third kappa shape index (κ3) is 3.86. The molecule has 0 spiro atoms. The zero-order chi connectivity index (χ0) is 13.7. The molecule has 0 fully saturated rings. The molecule has 2 rings (SSSR count). The summed E-state index contributed by atoms with van der Waals surface area (Å²) in [6, 6.07) is 5.35. The number of carboxylic acid groups (broad SMARTS) is 1. The van der Waals surface area contributed by atoms with E-state index < -0.39 is 12.1 Å². The fraction of sp³-hybridized carbons (Fsp3) is 0.500. The SMILES string of the molecule is O=C(O)CCC[C@@H](O)c1ccc2c(c1)OCCCO2. The van der Waals surface area contributed by atoms with Crippen molar-refractivity contribution in [2.75, 3.05) is 13.2 Å². The Morgan fingerprint density at radius 1 is 1.26 bits per heavy atom. The molecule has 2 N–H and O–H groups in total. The minimum atomic E-state index is -0.842. The fourth-order valence-electron chi connectivity index (χ4n) is 2.00. The highest BCUT2D eigenvalue weighted by Crippen LogP contribution is 2.33. The van der Waals surface area contributed by atoms with Gasteiger partial charge in [0.25, 0.3) is 0 Å². The molecule has 0 radical (unpaired) electrons. The number of carbonyl (C=O) groups is 1. The first-order valence-corrected chi connectivity index (χ1v) is 6.46. The van der Waals surface area contributed by atoms with Crippen molar-refractivity contribution in [2.45, 2.75) is 31.8 Å². The molecule has 104 valence electrons. The van der Waals surface area contributed by atoms with Crippen LogP contribution in [0.2, 0.25) is 0 Å². The number of hydrogen-bond donors (Lipinski definition) is 2. The number of fused-ring (bicyclic) bond motifs is 1. The highest BCUT2D eigenvalue weighted by atomic mass is 16.5. The van der Waals surface area contributed by atoms with Crippen molar-refractivity contribution in [2.24, 2.45) is 0 Å². The lowest BCUT2D eigenvalue weighted by Gasteiger charge is -2.13. The van der Waals surface area contributed by atoms with Crippen LogP contribution in [-0.2, 0) is 4.79 Å². The van der Waals surface area contributed by atoms with Gasteiger partial charge in [-0.25, -0.2) is 0 Å². The van der Waals surface area contributed by atoms with Crippen LogP contribution in [0.4, 0.5) is 0 Å². The Labute approximate surface area is 111 Å². The zero-order valence-corrected chi connectivity index (χ0v) is 10.7. The average molecular weight is 266 g/mol. The summed E-state index contributed by atoms with van der Waals surface area (Å²) in [5.41, 5.74) is 0.731. The molecule has 1 heterocycles. The van der Waals surface area contributed by atoms with E-state index in [2.05, 4.69) is 0 Å². The zero-order valence-electron chi connectivity index (χ0n) is 10.7. The summed E-state index contributed by atoms with van der Waals surface area (Å²) in [6.07, 6.45) is 1.11. The molecule has 0 saturated heterocycles. The summed E-state index contributed by atoms with van der Waals surface area (Å²) in [5, 5.41) is 18.6. The van der Waals surface area contributed by atoms with Gasteiger partial charge in [0, 0.05) is 12.8 Å². The van der Waals surface area contributed by atoms with Gasteiger partial charge in [0.15, 0.2) is 11.5 Å². The van der Waals surface area contributed by atoms with Gasteiger partial charge in [0.1, 0.15) is 0 Å². The largest absolute Gasteiger partial charge is 0.490 e. The van der Waals surface area contributed by atoms with E-state index in [9.17, 15) is 9.90 Å². The second kappa shape index (κ2) is 6.43. The molecule has 1 aromatic rings. The third-order valence-corrected chi connectivity index (χ3v) is 3.02. The summed E-state index contributed by atoms with van der Waals surface area (Å²) in [5.74, 6) is 0.497. The lowest BCUT2D eigenvalue weighted by atomic mass is 10.0. The molecule has 0 bridgehead atoms. The van der Waals surface area contributed by atoms with Gasteiger partial charge in [-0.2, -0.15) is 0 Å². The van der Waals surface area contributed by atoms with Gasteiger partial charge in [-0.1, -0.05) is 6.07 Å². The second-order valence-corrected chi connectivity index (χ2v) is 4.56. The maximum atomic E-state index is 10.4. The van der Waals surface area contributed by atoms with Gasteiger partial charge in [-0.15, -0.1) is 0 Å². The predicted molar refractivity (Wildman–Crippen MR) is 68.5 cm³/mol. The molecule has 0 unspecified atom stereocenters. The van der Waals surface area contributed by atoms with E-state index in [-0.39, 0.29) is 6.42 Å². The molecule has 0 aromatic heterocycles. The smallest absolute Gasteiger partial charge is 0.303 e. The lowest BCUT2D eigenvalue weighted by molar-refractivity contribution is -0.137. The standard InChI is InChI=1S/C14H18O5/c15-11(3-1-4-14(16)17)10-5-6-12-13(9-10)19-8-2-7-18-12/h5-6,9,11,15H,1-4,7-8H2,(H,16,17)/t11-/m1/s1. The van der Waals surface area contributed by atoms with E-state index in [0.717, 1.165) is 12.0 Å². The third-order valence-electron chi connectivity index (χ3n) is 3.02. The molecule has 1 aliphatic rings. The molecule has 1 aromatic carbocycles. The summed E-state index contributed by atoms with van der Waals surface area (Å²) < 4.78 is 11.1. The van der Waals surface area contributed by atoms with Crippen LogP contribution < -0.4 is 9.47 Å². The minimum absolute atomic E-state index is 0.0710. The maximum Gasteiger partial charge on any atom is 0.303 e. The summed E-state index contributed by atoms with van der Waals surface area (Å²) in [7, 11) is 0. The van der Waals surface area contributed by atoms with E-state index in [4.69, 9.17) is 14.6 Å². The van der Waals surface area contributed by atoms with Crippen LogP contribution in [0, 0.1) is 0 Å². The first-order chi connectivity index (χ1) is 9.16. The van der Waals surface area contributed by atoms with Crippen LogP contribution in [0.5, 0.6) is 11.5 Å². The van der Waals surface area contributed by atoms with Crippen molar-refractivity contribution in [3.8, 4) is 11.5 Å². The molecule has 0 amide bonds. The topological polar surface area (TPSA) is 76.0 Å². The van der Waals surface area contributed by atoms with Gasteiger partial charge in [-0.3, -0.25) is 4.79 Å². The van der Waals surface area contributed by atoms with Gasteiger partial charge >= 0.3 is 5.97 Å². The van der Waals surface area contributed by atoms with Crippen molar-refractivity contribution >= 4 is 5.97 Å².